The fraction of sp³-hybridized carbons (Fsp3) is 0.390. The lowest BCUT2D eigenvalue weighted by atomic mass is 10.1. The second-order valence-electron chi connectivity index (χ2n) is 11.6. The van der Waals surface area contributed by atoms with Crippen molar-refractivity contribution in [2.75, 3.05) is 36.0 Å². The third-order valence-corrected chi connectivity index (χ3v) is 9.64. The summed E-state index contributed by atoms with van der Waals surface area (Å²) in [5, 5.41) is 2.11. The predicted octanol–water partition coefficient (Wildman–Crippen LogP) is 12.5. The summed E-state index contributed by atoms with van der Waals surface area (Å²) < 4.78 is 0. The Labute approximate surface area is 287 Å². The zero-order valence-electron chi connectivity index (χ0n) is 28.5. The van der Waals surface area contributed by atoms with Gasteiger partial charge in [0.1, 0.15) is 0 Å². The minimum absolute atomic E-state index is 0.771. The molecule has 3 nitrogen and oxygen atoms in total. The van der Waals surface area contributed by atoms with Crippen LogP contribution in [-0.2, 0) is 0 Å². The summed E-state index contributed by atoms with van der Waals surface area (Å²) in [7, 11) is 0. The molecule has 0 aliphatic carbocycles. The first-order chi connectivity index (χ1) is 22.6. The molecular weight excluding hydrogens is 601 g/mol. The van der Waals surface area contributed by atoms with Crippen LogP contribution in [0.15, 0.2) is 78.2 Å². The molecule has 0 N–H and O–H groups in total. The molecule has 2 aromatic carbocycles. The van der Waals surface area contributed by atoms with Crippen molar-refractivity contribution in [3.63, 3.8) is 0 Å². The van der Waals surface area contributed by atoms with E-state index in [0.29, 0.717) is 0 Å². The lowest BCUT2D eigenvalue weighted by Crippen LogP contribution is -2.25. The van der Waals surface area contributed by atoms with Crippen LogP contribution in [0.4, 0.5) is 11.4 Å². The van der Waals surface area contributed by atoms with Gasteiger partial charge in [-0.1, -0.05) is 95.9 Å². The van der Waals surface area contributed by atoms with Crippen molar-refractivity contribution < 1.29 is 4.79 Å². The van der Waals surface area contributed by atoms with Crippen LogP contribution >= 0.6 is 22.7 Å². The molecule has 0 radical (unpaired) electrons. The third kappa shape index (κ3) is 13.5. The number of benzene rings is 2. The Kier molecular flexibility index (Phi) is 17.9. The van der Waals surface area contributed by atoms with Crippen molar-refractivity contribution in [3.8, 4) is 0 Å². The van der Waals surface area contributed by atoms with E-state index >= 15 is 0 Å². The number of carbonyl (C=O) groups excluding carboxylic acids is 1. The third-order valence-electron chi connectivity index (χ3n) is 7.83. The summed E-state index contributed by atoms with van der Waals surface area (Å²) in [4.78, 5) is 18.9. The van der Waals surface area contributed by atoms with E-state index in [4.69, 9.17) is 0 Å². The molecule has 0 saturated heterocycles. The number of hydrogen-bond donors (Lipinski definition) is 0. The Hall–Kier alpha value is -3.41. The molecule has 4 rings (SSSR count). The van der Waals surface area contributed by atoms with Crippen LogP contribution in [0.1, 0.15) is 110 Å². The van der Waals surface area contributed by atoms with E-state index in [2.05, 4.69) is 128 Å². The molecule has 0 saturated carbocycles. The first-order valence-electron chi connectivity index (χ1n) is 17.2. The number of anilines is 2. The van der Waals surface area contributed by atoms with Crippen molar-refractivity contribution in [2.45, 2.75) is 79.1 Å². The number of carbonyl (C=O) groups is 1. The van der Waals surface area contributed by atoms with Gasteiger partial charge in [-0.15, -0.1) is 22.7 Å². The van der Waals surface area contributed by atoms with Gasteiger partial charge in [0.15, 0.2) is 6.29 Å². The molecule has 0 unspecified atom stereocenters. The van der Waals surface area contributed by atoms with Crippen molar-refractivity contribution in [3.05, 3.63) is 104 Å². The van der Waals surface area contributed by atoms with Gasteiger partial charge < -0.3 is 9.80 Å². The van der Waals surface area contributed by atoms with Crippen molar-refractivity contribution in [2.24, 2.45) is 0 Å². The highest BCUT2D eigenvalue weighted by molar-refractivity contribution is 7.14. The van der Waals surface area contributed by atoms with Gasteiger partial charge in [-0.3, -0.25) is 4.79 Å². The van der Waals surface area contributed by atoms with Crippen molar-refractivity contribution >= 4 is 64.6 Å². The smallest absolute Gasteiger partial charge is 0.160 e. The van der Waals surface area contributed by atoms with Gasteiger partial charge >= 0.3 is 0 Å². The average molecular weight is 655 g/mol. The second-order valence-corrected chi connectivity index (χ2v) is 13.7. The topological polar surface area (TPSA) is 23.6 Å². The maximum Gasteiger partial charge on any atom is 0.160 e. The Morgan fingerprint density at radius 3 is 1.33 bits per heavy atom. The Balaban J connectivity index is 0.000000251. The van der Waals surface area contributed by atoms with E-state index in [1.54, 1.807) is 11.3 Å². The number of unbranched alkanes of at least 4 members (excludes halogenated alkanes) is 4. The van der Waals surface area contributed by atoms with E-state index in [1.165, 1.54) is 103 Å². The molecule has 2 aromatic heterocycles. The normalized spacial score (nSPS) is 11.1. The SMILES string of the molecule is CCCCN(CCCC)c1ccc(/C=C/c2ccc(C=O)s2)cc1.CCCCN(CCCC)c1ccc(/C=C/c2cccs2)cc1. The van der Waals surface area contributed by atoms with Crippen LogP contribution in [0.3, 0.4) is 0 Å². The first-order valence-corrected chi connectivity index (χ1v) is 18.9. The summed E-state index contributed by atoms with van der Waals surface area (Å²) >= 11 is 3.29. The van der Waals surface area contributed by atoms with E-state index in [1.807, 2.05) is 12.1 Å². The largest absolute Gasteiger partial charge is 0.372 e. The van der Waals surface area contributed by atoms with Crippen LogP contribution in [0.2, 0.25) is 0 Å². The van der Waals surface area contributed by atoms with Crippen LogP contribution < -0.4 is 9.80 Å². The molecule has 0 bridgehead atoms. The molecule has 0 aliphatic heterocycles. The molecule has 2 heterocycles. The minimum Gasteiger partial charge on any atom is -0.372 e. The highest BCUT2D eigenvalue weighted by Crippen LogP contribution is 2.22. The lowest BCUT2D eigenvalue weighted by molar-refractivity contribution is 0.112. The average Bonchev–Trinajstić information content (AvgIpc) is 3.80. The number of aldehydes is 1. The molecule has 5 heteroatoms. The molecule has 46 heavy (non-hydrogen) atoms. The number of hydrogen-bond acceptors (Lipinski definition) is 5. The molecule has 0 spiro atoms. The highest BCUT2D eigenvalue weighted by Gasteiger charge is 2.06. The lowest BCUT2D eigenvalue weighted by Gasteiger charge is -2.24. The number of rotatable bonds is 19. The van der Waals surface area contributed by atoms with Crippen LogP contribution in [0.5, 0.6) is 0 Å². The van der Waals surface area contributed by atoms with Crippen LogP contribution in [0, 0.1) is 0 Å². The molecular formula is C41H54N2OS2. The predicted molar refractivity (Wildman–Crippen MR) is 209 cm³/mol. The standard InChI is InChI=1S/C21H27NOS.C20H27NS/c1-3-5-15-22(16-6-4-2)19-10-7-18(8-11-19)9-12-20-13-14-21(17-23)24-20;1-3-5-15-21(16-6-4-2)19-12-9-18(10-13-19)11-14-20-8-7-17-22-20/h7-14,17H,3-6,15-16H2,1-2H3;7-14,17H,3-6,15-16H2,1-2H3/b12-9+;14-11+. The van der Waals surface area contributed by atoms with Crippen LogP contribution in [-0.4, -0.2) is 32.5 Å². The van der Waals surface area contributed by atoms with Crippen molar-refractivity contribution in [1.29, 1.82) is 0 Å². The van der Waals surface area contributed by atoms with E-state index in [0.717, 1.165) is 29.1 Å². The second kappa shape index (κ2) is 22.2. The monoisotopic (exact) mass is 654 g/mol. The van der Waals surface area contributed by atoms with E-state index < -0.39 is 0 Å². The Bertz CT molecular complexity index is 1390. The fourth-order valence-corrected chi connectivity index (χ4v) is 6.34. The van der Waals surface area contributed by atoms with Gasteiger partial charge in [0, 0.05) is 47.3 Å². The molecule has 0 aliphatic rings. The maximum atomic E-state index is 10.7. The van der Waals surface area contributed by atoms with Gasteiger partial charge in [0.25, 0.3) is 0 Å². The molecule has 0 fully saturated rings. The van der Waals surface area contributed by atoms with Gasteiger partial charge in [-0.2, -0.15) is 0 Å². The molecule has 4 aromatic rings. The number of thiophene rings is 2. The molecule has 0 amide bonds. The van der Waals surface area contributed by atoms with Gasteiger partial charge in [-0.05, 0) is 96.8 Å². The Morgan fingerprint density at radius 1 is 0.522 bits per heavy atom. The zero-order valence-corrected chi connectivity index (χ0v) is 30.1. The summed E-state index contributed by atoms with van der Waals surface area (Å²) in [5.74, 6) is 0. The molecule has 0 atom stereocenters. The highest BCUT2D eigenvalue weighted by atomic mass is 32.1. The van der Waals surface area contributed by atoms with Gasteiger partial charge in [0.05, 0.1) is 4.88 Å². The van der Waals surface area contributed by atoms with E-state index in [9.17, 15) is 4.79 Å². The Morgan fingerprint density at radius 2 is 0.957 bits per heavy atom. The number of nitrogens with zero attached hydrogens (tertiary/aromatic N) is 2. The van der Waals surface area contributed by atoms with Gasteiger partial charge in [0.2, 0.25) is 0 Å². The summed E-state index contributed by atoms with van der Waals surface area (Å²) in [6.07, 6.45) is 19.4. The van der Waals surface area contributed by atoms with Crippen molar-refractivity contribution in [1.82, 2.24) is 0 Å². The minimum atomic E-state index is 0.771. The summed E-state index contributed by atoms with van der Waals surface area (Å²) in [6.45, 7) is 13.6. The van der Waals surface area contributed by atoms with Crippen LogP contribution in [0.25, 0.3) is 24.3 Å². The first kappa shape index (κ1) is 37.1. The van der Waals surface area contributed by atoms with Gasteiger partial charge in [-0.25, -0.2) is 0 Å². The summed E-state index contributed by atoms with van der Waals surface area (Å²) in [6, 6.07) is 25.8. The molecule has 246 valence electrons. The fourth-order valence-electron chi connectivity index (χ4n) is 4.99. The quantitative estimate of drug-likeness (QED) is 0.0940. The maximum absolute atomic E-state index is 10.7. The zero-order chi connectivity index (χ0) is 32.8. The summed E-state index contributed by atoms with van der Waals surface area (Å²) in [5.41, 5.74) is 5.12. The van der Waals surface area contributed by atoms with E-state index in [-0.39, 0.29) is 0 Å².